The van der Waals surface area contributed by atoms with E-state index in [4.69, 9.17) is 0 Å². The molecule has 4 heterocycles. The lowest BCUT2D eigenvalue weighted by Crippen LogP contribution is -2.51. The molecule has 0 bridgehead atoms. The van der Waals surface area contributed by atoms with E-state index in [1.54, 1.807) is 12.1 Å². The summed E-state index contributed by atoms with van der Waals surface area (Å²) >= 11 is 0. The van der Waals surface area contributed by atoms with Crippen molar-refractivity contribution in [2.75, 3.05) is 0 Å². The van der Waals surface area contributed by atoms with Crippen molar-refractivity contribution in [3.05, 3.63) is 132 Å². The number of pyridine rings is 2. The zero-order chi connectivity index (χ0) is 25.1. The predicted octanol–water partition coefficient (Wildman–Crippen LogP) is 6.23. The summed E-state index contributed by atoms with van der Waals surface area (Å²) in [6, 6.07) is 26.7. The molecule has 2 nitrogen and oxygen atoms in total. The highest BCUT2D eigenvalue weighted by atomic mass is 19.2. The van der Waals surface area contributed by atoms with Crippen molar-refractivity contribution in [2.24, 2.45) is 0 Å². The van der Waals surface area contributed by atoms with Gasteiger partial charge in [-0.2, -0.15) is 9.13 Å². The van der Waals surface area contributed by atoms with Crippen molar-refractivity contribution in [1.82, 2.24) is 0 Å². The van der Waals surface area contributed by atoms with E-state index < -0.39 is 34.7 Å². The third-order valence-corrected chi connectivity index (χ3v) is 8.28. The van der Waals surface area contributed by atoms with Crippen LogP contribution in [0.25, 0.3) is 33.6 Å². The quantitative estimate of drug-likeness (QED) is 0.113. The van der Waals surface area contributed by atoms with Crippen LogP contribution in [0.15, 0.2) is 97.3 Å². The van der Waals surface area contributed by atoms with Gasteiger partial charge in [0.25, 0.3) is 5.54 Å². The topological polar surface area (TPSA) is 7.76 Å². The maximum Gasteiger partial charge on any atom is 0.269 e. The maximum absolute atomic E-state index is 15.6. The summed E-state index contributed by atoms with van der Waals surface area (Å²) in [7, 11) is 0. The minimum Gasteiger partial charge on any atom is -0.203 e. The number of halogens is 4. The van der Waals surface area contributed by atoms with Crippen molar-refractivity contribution in [3.63, 3.8) is 0 Å². The first-order valence-corrected chi connectivity index (χ1v) is 12.1. The average molecular weight is 494 g/mol. The summed E-state index contributed by atoms with van der Waals surface area (Å²) in [6.07, 6.45) is 3.85. The number of benzene rings is 3. The Kier molecular flexibility index (Phi) is 3.89. The maximum atomic E-state index is 15.6. The van der Waals surface area contributed by atoms with Gasteiger partial charge >= 0.3 is 0 Å². The fourth-order valence-electron chi connectivity index (χ4n) is 6.84. The highest BCUT2D eigenvalue weighted by Crippen LogP contribution is 2.71. The van der Waals surface area contributed by atoms with Crippen molar-refractivity contribution in [1.29, 1.82) is 0 Å². The van der Waals surface area contributed by atoms with Crippen LogP contribution in [0.5, 0.6) is 0 Å². The normalized spacial score (nSPS) is 21.6. The summed E-state index contributed by atoms with van der Waals surface area (Å²) in [4.78, 5) is 0. The molecular weight excluding hydrogens is 476 g/mol. The van der Waals surface area contributed by atoms with Crippen LogP contribution >= 0.6 is 0 Å². The van der Waals surface area contributed by atoms with Crippen molar-refractivity contribution < 1.29 is 26.7 Å². The lowest BCUT2D eigenvalue weighted by molar-refractivity contribution is -0.771. The lowest BCUT2D eigenvalue weighted by atomic mass is 9.92. The number of aromatic nitrogens is 2. The standard InChI is InChI=1S/C31H18F4N2/c32-26-23-22-12-6-7-15-36(22)30-25(24(23)27(33)29(35)28(26)34)31(30)20-11-5-4-10-19(20)21-14-13-18(16-37(21)31)17-8-2-1-3-9-17/h1-16,25,30H/q+2. The molecule has 3 unspecified atom stereocenters. The molecule has 0 N–H and O–H groups in total. The fraction of sp³-hybridized carbons (Fsp3) is 0.0968. The van der Waals surface area contributed by atoms with Gasteiger partial charge in [-0.1, -0.05) is 48.5 Å². The van der Waals surface area contributed by atoms with E-state index in [2.05, 4.69) is 4.57 Å². The van der Waals surface area contributed by atoms with Crippen LogP contribution in [0.4, 0.5) is 17.6 Å². The van der Waals surface area contributed by atoms with Crippen molar-refractivity contribution in [2.45, 2.75) is 17.5 Å². The van der Waals surface area contributed by atoms with E-state index in [1.165, 1.54) is 0 Å². The fourth-order valence-corrected chi connectivity index (χ4v) is 6.84. The van der Waals surface area contributed by atoms with E-state index in [9.17, 15) is 8.78 Å². The number of hydrogen-bond acceptors (Lipinski definition) is 0. The molecule has 1 aliphatic carbocycles. The van der Waals surface area contributed by atoms with Gasteiger partial charge in [-0.25, -0.2) is 17.6 Å². The van der Waals surface area contributed by atoms with E-state index in [0.717, 1.165) is 27.9 Å². The van der Waals surface area contributed by atoms with Crippen LogP contribution in [0.2, 0.25) is 0 Å². The molecule has 37 heavy (non-hydrogen) atoms. The number of fused-ring (bicyclic) bond motifs is 13. The van der Waals surface area contributed by atoms with Crippen LogP contribution < -0.4 is 9.13 Å². The highest BCUT2D eigenvalue weighted by Gasteiger charge is 2.86. The Morgan fingerprint density at radius 1 is 0.622 bits per heavy atom. The van der Waals surface area contributed by atoms with Gasteiger partial charge in [-0.15, -0.1) is 0 Å². The molecule has 178 valence electrons. The average Bonchev–Trinajstić information content (AvgIpc) is 3.56. The Labute approximate surface area is 209 Å². The Morgan fingerprint density at radius 2 is 1.35 bits per heavy atom. The summed E-state index contributed by atoms with van der Waals surface area (Å²) in [5.41, 5.74) is 4.05. The molecule has 5 aromatic rings. The van der Waals surface area contributed by atoms with Gasteiger partial charge in [0, 0.05) is 34.9 Å². The second-order valence-corrected chi connectivity index (χ2v) is 9.87. The minimum absolute atomic E-state index is 0.104. The van der Waals surface area contributed by atoms with E-state index in [1.807, 2.05) is 89.8 Å². The summed E-state index contributed by atoms with van der Waals surface area (Å²) in [5.74, 6) is -6.86. The molecule has 0 saturated heterocycles. The molecule has 2 aromatic heterocycles. The van der Waals surface area contributed by atoms with Crippen LogP contribution in [-0.2, 0) is 5.54 Å². The van der Waals surface area contributed by atoms with Gasteiger partial charge in [-0.05, 0) is 23.8 Å². The van der Waals surface area contributed by atoms with Gasteiger partial charge in [0.15, 0.2) is 35.7 Å². The Balaban J connectivity index is 1.48. The van der Waals surface area contributed by atoms with Crippen LogP contribution in [-0.4, -0.2) is 0 Å². The second kappa shape index (κ2) is 6.91. The lowest BCUT2D eigenvalue weighted by Gasteiger charge is -2.15. The third kappa shape index (κ3) is 2.36. The summed E-state index contributed by atoms with van der Waals surface area (Å²) in [6.45, 7) is 0. The summed E-state index contributed by atoms with van der Waals surface area (Å²) < 4.78 is 64.2. The number of nitrogens with zero attached hydrogens (tertiary/aromatic N) is 2. The van der Waals surface area contributed by atoms with Gasteiger partial charge in [0.2, 0.25) is 17.4 Å². The molecular formula is C31H18F4N2+2. The Morgan fingerprint density at radius 3 is 2.19 bits per heavy atom. The first-order chi connectivity index (χ1) is 18.0. The van der Waals surface area contributed by atoms with Gasteiger partial charge in [-0.3, -0.25) is 0 Å². The zero-order valence-corrected chi connectivity index (χ0v) is 19.3. The van der Waals surface area contributed by atoms with Gasteiger partial charge in [0.1, 0.15) is 5.92 Å². The minimum atomic E-state index is -1.79. The Bertz CT molecular complexity index is 1800. The molecule has 3 atom stereocenters. The van der Waals surface area contributed by atoms with E-state index >= 15 is 8.78 Å². The molecule has 8 rings (SSSR count). The molecule has 1 spiro atoms. The SMILES string of the molecule is Fc1c(F)c(F)c2c(c1F)-c1cccc[n+]1C1C2C12c1ccccc1-c1ccc(-c3ccccc3)c[n+]12. The first kappa shape index (κ1) is 20.8. The smallest absolute Gasteiger partial charge is 0.203 e. The monoisotopic (exact) mass is 494 g/mol. The van der Waals surface area contributed by atoms with Crippen molar-refractivity contribution in [3.8, 4) is 33.6 Å². The number of rotatable bonds is 1. The van der Waals surface area contributed by atoms with Crippen LogP contribution in [0.1, 0.15) is 23.1 Å². The first-order valence-electron chi connectivity index (χ1n) is 12.1. The van der Waals surface area contributed by atoms with Gasteiger partial charge < -0.3 is 0 Å². The predicted molar refractivity (Wildman–Crippen MR) is 128 cm³/mol. The highest BCUT2D eigenvalue weighted by molar-refractivity contribution is 5.75. The van der Waals surface area contributed by atoms with Crippen molar-refractivity contribution >= 4 is 0 Å². The second-order valence-electron chi connectivity index (χ2n) is 9.87. The molecule has 2 aliphatic heterocycles. The molecule has 3 aromatic carbocycles. The summed E-state index contributed by atoms with van der Waals surface area (Å²) in [5, 5.41) is 0. The Hall–Kier alpha value is -4.32. The van der Waals surface area contributed by atoms with E-state index in [0.29, 0.717) is 5.69 Å². The molecule has 3 aliphatic rings. The van der Waals surface area contributed by atoms with Crippen LogP contribution in [0, 0.1) is 23.3 Å². The zero-order valence-electron chi connectivity index (χ0n) is 19.3. The molecule has 0 amide bonds. The number of hydrogen-bond donors (Lipinski definition) is 0. The van der Waals surface area contributed by atoms with E-state index in [-0.39, 0.29) is 17.2 Å². The third-order valence-electron chi connectivity index (χ3n) is 8.28. The molecule has 1 fully saturated rings. The molecule has 1 saturated carbocycles. The van der Waals surface area contributed by atoms with Gasteiger partial charge in [0.05, 0.1) is 11.1 Å². The molecule has 0 radical (unpaired) electrons. The van der Waals surface area contributed by atoms with Crippen LogP contribution in [0.3, 0.4) is 0 Å². The largest absolute Gasteiger partial charge is 0.269 e. The molecule has 6 heteroatoms.